The van der Waals surface area contributed by atoms with Crippen LogP contribution in [0.15, 0.2) is 0 Å². The molecular weight excluding hydrogens is 168 g/mol. The molecule has 0 aliphatic rings. The number of amides is 1. The van der Waals surface area contributed by atoms with E-state index in [1.54, 1.807) is 0 Å². The summed E-state index contributed by atoms with van der Waals surface area (Å²) in [6, 6.07) is 0.0953. The molecule has 0 rings (SSSR count). The third-order valence-electron chi connectivity index (χ3n) is 1.72. The van der Waals surface area contributed by atoms with E-state index in [2.05, 4.69) is 12.2 Å². The van der Waals surface area contributed by atoms with Crippen molar-refractivity contribution < 1.29 is 9.53 Å². The summed E-state index contributed by atoms with van der Waals surface area (Å²) >= 11 is 0. The van der Waals surface area contributed by atoms with Crippen LogP contribution in [0.25, 0.3) is 0 Å². The smallest absolute Gasteiger partial charge is 0.246 e. The lowest BCUT2D eigenvalue weighted by molar-refractivity contribution is -0.126. The maximum absolute atomic E-state index is 11.2. The largest absolute Gasteiger partial charge is 0.372 e. The maximum atomic E-state index is 11.2. The van der Waals surface area contributed by atoms with Gasteiger partial charge >= 0.3 is 0 Å². The highest BCUT2D eigenvalue weighted by atomic mass is 16.5. The van der Waals surface area contributed by atoms with Gasteiger partial charge in [0.15, 0.2) is 0 Å². The minimum Gasteiger partial charge on any atom is -0.372 e. The molecule has 78 valence electrons. The topological polar surface area (TPSA) is 64.3 Å². The predicted octanol–water partition coefficient (Wildman–Crippen LogP) is 0.267. The average molecular weight is 188 g/mol. The normalized spacial score (nSPS) is 12.5. The molecule has 0 aliphatic heterocycles. The van der Waals surface area contributed by atoms with Gasteiger partial charge in [0, 0.05) is 19.2 Å². The summed E-state index contributed by atoms with van der Waals surface area (Å²) in [6.45, 7) is 5.12. The van der Waals surface area contributed by atoms with Crippen LogP contribution in [-0.4, -0.2) is 31.7 Å². The molecule has 1 atom stereocenters. The van der Waals surface area contributed by atoms with Crippen LogP contribution in [0.5, 0.6) is 0 Å². The minimum absolute atomic E-state index is 0.0780. The molecule has 4 nitrogen and oxygen atoms in total. The van der Waals surface area contributed by atoms with E-state index >= 15 is 0 Å². The molecule has 0 aromatic carbocycles. The first-order valence-electron chi connectivity index (χ1n) is 4.81. The number of hydrogen-bond donors (Lipinski definition) is 2. The Hall–Kier alpha value is -0.610. The van der Waals surface area contributed by atoms with Gasteiger partial charge in [-0.2, -0.15) is 0 Å². The molecule has 3 N–H and O–H groups in total. The molecule has 1 unspecified atom stereocenters. The van der Waals surface area contributed by atoms with Crippen LogP contribution in [-0.2, 0) is 9.53 Å². The van der Waals surface area contributed by atoms with Crippen LogP contribution in [0, 0.1) is 0 Å². The highest BCUT2D eigenvalue weighted by Crippen LogP contribution is 1.93. The summed E-state index contributed by atoms with van der Waals surface area (Å²) in [5.74, 6) is -0.0780. The van der Waals surface area contributed by atoms with Gasteiger partial charge in [-0.3, -0.25) is 4.79 Å². The second-order valence-electron chi connectivity index (χ2n) is 2.93. The summed E-state index contributed by atoms with van der Waals surface area (Å²) in [5, 5.41) is 2.81. The fourth-order valence-corrected chi connectivity index (χ4v) is 1.06. The monoisotopic (exact) mass is 188 g/mol. The van der Waals surface area contributed by atoms with E-state index in [0.717, 1.165) is 12.8 Å². The second-order valence-corrected chi connectivity index (χ2v) is 2.93. The molecule has 13 heavy (non-hydrogen) atoms. The third-order valence-corrected chi connectivity index (χ3v) is 1.72. The van der Waals surface area contributed by atoms with Crippen molar-refractivity contribution >= 4 is 5.91 Å². The van der Waals surface area contributed by atoms with E-state index < -0.39 is 0 Å². The lowest BCUT2D eigenvalue weighted by Crippen LogP contribution is -2.41. The van der Waals surface area contributed by atoms with E-state index in [9.17, 15) is 4.79 Å². The van der Waals surface area contributed by atoms with Crippen LogP contribution >= 0.6 is 0 Å². The SMILES string of the molecule is CCCC(CN)NC(=O)COCC. The summed E-state index contributed by atoms with van der Waals surface area (Å²) in [6.07, 6.45) is 1.95. The Labute approximate surface area is 79.8 Å². The van der Waals surface area contributed by atoms with Gasteiger partial charge in [-0.15, -0.1) is 0 Å². The summed E-state index contributed by atoms with van der Waals surface area (Å²) in [5.41, 5.74) is 5.48. The fraction of sp³-hybridized carbons (Fsp3) is 0.889. The molecule has 0 aromatic rings. The fourth-order valence-electron chi connectivity index (χ4n) is 1.06. The van der Waals surface area contributed by atoms with Crippen molar-refractivity contribution in [3.63, 3.8) is 0 Å². The first kappa shape index (κ1) is 12.4. The Morgan fingerprint density at radius 1 is 1.54 bits per heavy atom. The molecular formula is C9H20N2O2. The van der Waals surface area contributed by atoms with Gasteiger partial charge in [0.05, 0.1) is 0 Å². The molecule has 0 fully saturated rings. The van der Waals surface area contributed by atoms with Gasteiger partial charge in [0.2, 0.25) is 5.91 Å². The average Bonchev–Trinajstić information content (AvgIpc) is 2.14. The zero-order chi connectivity index (χ0) is 10.1. The second kappa shape index (κ2) is 8.01. The van der Waals surface area contributed by atoms with Crippen LogP contribution in [0.3, 0.4) is 0 Å². The quantitative estimate of drug-likeness (QED) is 0.602. The van der Waals surface area contributed by atoms with Crippen molar-refractivity contribution in [2.24, 2.45) is 5.73 Å². The molecule has 0 saturated heterocycles. The van der Waals surface area contributed by atoms with E-state index in [1.807, 2.05) is 6.92 Å². The van der Waals surface area contributed by atoms with Gasteiger partial charge < -0.3 is 15.8 Å². The minimum atomic E-state index is -0.0780. The molecule has 0 spiro atoms. The standard InChI is InChI=1S/C9H20N2O2/c1-3-5-8(6-10)11-9(12)7-13-4-2/h8H,3-7,10H2,1-2H3,(H,11,12). The Balaban J connectivity index is 3.60. The first-order chi connectivity index (χ1) is 6.24. The van der Waals surface area contributed by atoms with Gasteiger partial charge in [-0.1, -0.05) is 13.3 Å². The highest BCUT2D eigenvalue weighted by molar-refractivity contribution is 5.77. The Morgan fingerprint density at radius 2 is 2.23 bits per heavy atom. The van der Waals surface area contributed by atoms with Gasteiger partial charge in [0.25, 0.3) is 0 Å². The van der Waals surface area contributed by atoms with Crippen LogP contribution in [0.4, 0.5) is 0 Å². The van der Waals surface area contributed by atoms with Crippen LogP contribution < -0.4 is 11.1 Å². The number of carbonyl (C=O) groups is 1. The molecule has 0 aromatic heterocycles. The van der Waals surface area contributed by atoms with E-state index in [0.29, 0.717) is 13.2 Å². The van der Waals surface area contributed by atoms with Crippen molar-refractivity contribution in [3.8, 4) is 0 Å². The summed E-state index contributed by atoms with van der Waals surface area (Å²) in [4.78, 5) is 11.2. The third kappa shape index (κ3) is 6.54. The zero-order valence-electron chi connectivity index (χ0n) is 8.51. The number of carbonyl (C=O) groups excluding carboxylic acids is 1. The Kier molecular flexibility index (Phi) is 7.63. The van der Waals surface area contributed by atoms with E-state index in [4.69, 9.17) is 10.5 Å². The molecule has 0 aliphatic carbocycles. The molecule has 0 bridgehead atoms. The zero-order valence-corrected chi connectivity index (χ0v) is 8.51. The maximum Gasteiger partial charge on any atom is 0.246 e. The molecule has 0 radical (unpaired) electrons. The van der Waals surface area contributed by atoms with Crippen molar-refractivity contribution in [1.82, 2.24) is 5.32 Å². The van der Waals surface area contributed by atoms with Crippen molar-refractivity contribution in [3.05, 3.63) is 0 Å². The van der Waals surface area contributed by atoms with Crippen molar-refractivity contribution in [2.45, 2.75) is 32.7 Å². The molecule has 4 heteroatoms. The Bertz CT molecular complexity index is 140. The van der Waals surface area contributed by atoms with Crippen molar-refractivity contribution in [1.29, 1.82) is 0 Å². The molecule has 0 heterocycles. The van der Waals surface area contributed by atoms with Crippen LogP contribution in [0.1, 0.15) is 26.7 Å². The number of nitrogens with one attached hydrogen (secondary N) is 1. The van der Waals surface area contributed by atoms with Crippen molar-refractivity contribution in [2.75, 3.05) is 19.8 Å². The first-order valence-corrected chi connectivity index (χ1v) is 4.81. The predicted molar refractivity (Wildman–Crippen MR) is 52.4 cm³/mol. The Morgan fingerprint density at radius 3 is 2.69 bits per heavy atom. The van der Waals surface area contributed by atoms with Gasteiger partial charge in [0.1, 0.15) is 6.61 Å². The van der Waals surface area contributed by atoms with E-state index in [1.165, 1.54) is 0 Å². The number of hydrogen-bond acceptors (Lipinski definition) is 3. The molecule has 0 saturated carbocycles. The number of nitrogens with two attached hydrogens (primary N) is 1. The summed E-state index contributed by atoms with van der Waals surface area (Å²) < 4.78 is 4.97. The van der Waals surface area contributed by atoms with Gasteiger partial charge in [-0.25, -0.2) is 0 Å². The van der Waals surface area contributed by atoms with Gasteiger partial charge in [-0.05, 0) is 13.3 Å². The summed E-state index contributed by atoms with van der Waals surface area (Å²) in [7, 11) is 0. The molecule has 1 amide bonds. The van der Waals surface area contributed by atoms with Crippen LogP contribution in [0.2, 0.25) is 0 Å². The highest BCUT2D eigenvalue weighted by Gasteiger charge is 2.08. The van der Waals surface area contributed by atoms with E-state index in [-0.39, 0.29) is 18.6 Å². The lowest BCUT2D eigenvalue weighted by atomic mass is 10.2. The number of ether oxygens (including phenoxy) is 1. The lowest BCUT2D eigenvalue weighted by Gasteiger charge is -2.15. The number of rotatable bonds is 7.